The van der Waals surface area contributed by atoms with Gasteiger partial charge in [-0.1, -0.05) is 24.3 Å². The van der Waals surface area contributed by atoms with Gasteiger partial charge in [0.15, 0.2) is 0 Å². The lowest BCUT2D eigenvalue weighted by atomic mass is 10.1. The molecule has 0 aliphatic carbocycles. The molecule has 0 aliphatic heterocycles. The Morgan fingerprint density at radius 1 is 1.21 bits per heavy atom. The number of hydrogen-bond acceptors (Lipinski definition) is 5. The summed E-state index contributed by atoms with van der Waals surface area (Å²) in [5, 5.41) is 11.2. The van der Waals surface area contributed by atoms with Crippen molar-refractivity contribution >= 4 is 17.6 Å². The molecule has 1 aromatic carbocycles. The van der Waals surface area contributed by atoms with E-state index in [1.54, 1.807) is 63.4 Å². The maximum absolute atomic E-state index is 12.5. The first-order chi connectivity index (χ1) is 11.3. The Hall–Kier alpha value is -2.96. The van der Waals surface area contributed by atoms with Crippen LogP contribution in [0.5, 0.6) is 0 Å². The van der Waals surface area contributed by atoms with E-state index in [4.69, 9.17) is 4.74 Å². The molecule has 2 rings (SSSR count). The Labute approximate surface area is 140 Å². The minimum Gasteiger partial charge on any atom is -0.443 e. The van der Waals surface area contributed by atoms with Gasteiger partial charge in [-0.05, 0) is 32.9 Å². The summed E-state index contributed by atoms with van der Waals surface area (Å²) in [4.78, 5) is 28.7. The van der Waals surface area contributed by atoms with E-state index in [9.17, 15) is 14.9 Å². The van der Waals surface area contributed by atoms with Gasteiger partial charge in [0.25, 0.3) is 5.69 Å². The third-order valence-electron chi connectivity index (χ3n) is 3.06. The van der Waals surface area contributed by atoms with Gasteiger partial charge in [-0.15, -0.1) is 0 Å². The molecule has 0 atom stereocenters. The highest BCUT2D eigenvalue weighted by Crippen LogP contribution is 2.23. The van der Waals surface area contributed by atoms with Crippen molar-refractivity contribution in [3.8, 4) is 0 Å². The molecule has 0 aliphatic rings. The molecule has 0 saturated carbocycles. The number of ether oxygens (including phenoxy) is 1. The van der Waals surface area contributed by atoms with Crippen molar-refractivity contribution in [2.24, 2.45) is 0 Å². The Bertz CT molecular complexity index is 726. The van der Waals surface area contributed by atoms with Crippen LogP contribution in [-0.2, 0) is 11.3 Å². The highest BCUT2D eigenvalue weighted by molar-refractivity contribution is 5.86. The van der Waals surface area contributed by atoms with Crippen LogP contribution in [0.25, 0.3) is 0 Å². The van der Waals surface area contributed by atoms with Gasteiger partial charge in [-0.3, -0.25) is 15.0 Å². The Morgan fingerprint density at radius 2 is 1.88 bits per heavy atom. The second-order valence-electron chi connectivity index (χ2n) is 6.14. The quantitative estimate of drug-likeness (QED) is 0.626. The standard InChI is InChI=1S/C17H19N3O4/c1-17(2,3)24-16(21)19(15-10-6-7-11-18-15)12-13-8-4-5-9-14(13)20(22)23/h4-11H,12H2,1-3H3. The van der Waals surface area contributed by atoms with Crippen molar-refractivity contribution in [2.45, 2.75) is 32.9 Å². The normalized spacial score (nSPS) is 11.0. The number of aromatic nitrogens is 1. The number of amides is 1. The van der Waals surface area contributed by atoms with E-state index in [-0.39, 0.29) is 12.2 Å². The van der Waals surface area contributed by atoms with E-state index < -0.39 is 16.6 Å². The van der Waals surface area contributed by atoms with Crippen molar-refractivity contribution in [1.29, 1.82) is 0 Å². The summed E-state index contributed by atoms with van der Waals surface area (Å²) in [6.07, 6.45) is 0.936. The molecule has 1 heterocycles. The van der Waals surface area contributed by atoms with E-state index in [0.29, 0.717) is 11.4 Å². The number of nitro benzene ring substituents is 1. The lowest BCUT2D eigenvalue weighted by Crippen LogP contribution is -2.37. The number of benzene rings is 1. The third kappa shape index (κ3) is 4.52. The molecule has 0 bridgehead atoms. The lowest BCUT2D eigenvalue weighted by Gasteiger charge is -2.26. The SMILES string of the molecule is CC(C)(C)OC(=O)N(Cc1ccccc1[N+](=O)[O-])c1ccccn1. The zero-order valence-electron chi connectivity index (χ0n) is 13.8. The fourth-order valence-electron chi connectivity index (χ4n) is 2.06. The van der Waals surface area contributed by atoms with E-state index >= 15 is 0 Å². The number of carbonyl (C=O) groups excluding carboxylic acids is 1. The summed E-state index contributed by atoms with van der Waals surface area (Å²) in [7, 11) is 0. The summed E-state index contributed by atoms with van der Waals surface area (Å²) in [5.74, 6) is 0.366. The van der Waals surface area contributed by atoms with Crippen LogP contribution in [0.2, 0.25) is 0 Å². The van der Waals surface area contributed by atoms with Gasteiger partial charge in [0.05, 0.1) is 11.5 Å². The number of para-hydroxylation sites is 1. The monoisotopic (exact) mass is 329 g/mol. The van der Waals surface area contributed by atoms with Crippen molar-refractivity contribution in [2.75, 3.05) is 4.90 Å². The molecule has 24 heavy (non-hydrogen) atoms. The van der Waals surface area contributed by atoms with Gasteiger partial charge in [0.2, 0.25) is 0 Å². The largest absolute Gasteiger partial charge is 0.443 e. The molecule has 1 amide bonds. The number of carbonyl (C=O) groups is 1. The molecule has 7 heteroatoms. The number of pyridine rings is 1. The molecule has 0 N–H and O–H groups in total. The van der Waals surface area contributed by atoms with Crippen LogP contribution in [0.4, 0.5) is 16.3 Å². The average molecular weight is 329 g/mol. The van der Waals surface area contributed by atoms with Crippen molar-refractivity contribution in [1.82, 2.24) is 4.98 Å². The van der Waals surface area contributed by atoms with Gasteiger partial charge < -0.3 is 4.74 Å². The van der Waals surface area contributed by atoms with Gasteiger partial charge in [-0.25, -0.2) is 9.78 Å². The number of hydrogen-bond donors (Lipinski definition) is 0. The predicted molar refractivity (Wildman–Crippen MR) is 89.8 cm³/mol. The second kappa shape index (κ2) is 7.08. The van der Waals surface area contributed by atoms with Gasteiger partial charge in [0.1, 0.15) is 11.4 Å². The summed E-state index contributed by atoms with van der Waals surface area (Å²) in [5.41, 5.74) is -0.340. The van der Waals surface area contributed by atoms with Gasteiger partial charge in [-0.2, -0.15) is 0 Å². The maximum atomic E-state index is 12.5. The summed E-state index contributed by atoms with van der Waals surface area (Å²) in [6, 6.07) is 11.4. The minimum atomic E-state index is -0.688. The van der Waals surface area contributed by atoms with E-state index in [2.05, 4.69) is 4.98 Å². The maximum Gasteiger partial charge on any atom is 0.416 e. The van der Waals surface area contributed by atoms with Crippen molar-refractivity contribution in [3.63, 3.8) is 0 Å². The fraction of sp³-hybridized carbons (Fsp3) is 0.294. The first-order valence-electron chi connectivity index (χ1n) is 7.42. The Kier molecular flexibility index (Phi) is 5.13. The number of nitrogens with zero attached hydrogens (tertiary/aromatic N) is 3. The first-order valence-corrected chi connectivity index (χ1v) is 7.42. The third-order valence-corrected chi connectivity index (χ3v) is 3.06. The predicted octanol–water partition coefficient (Wildman–Crippen LogP) is 3.93. The second-order valence-corrected chi connectivity index (χ2v) is 6.14. The fourth-order valence-corrected chi connectivity index (χ4v) is 2.06. The molecule has 0 unspecified atom stereocenters. The molecule has 126 valence electrons. The summed E-state index contributed by atoms with van der Waals surface area (Å²) in [6.45, 7) is 5.26. The van der Waals surface area contributed by atoms with Crippen LogP contribution in [0.3, 0.4) is 0 Å². The van der Waals surface area contributed by atoms with E-state index in [1.165, 1.54) is 11.0 Å². The molecular weight excluding hydrogens is 310 g/mol. The molecule has 0 radical (unpaired) electrons. The van der Waals surface area contributed by atoms with Crippen molar-refractivity contribution in [3.05, 3.63) is 64.3 Å². The lowest BCUT2D eigenvalue weighted by molar-refractivity contribution is -0.385. The molecule has 7 nitrogen and oxygen atoms in total. The number of anilines is 1. The molecule has 0 saturated heterocycles. The Balaban J connectivity index is 2.37. The van der Waals surface area contributed by atoms with Crippen LogP contribution < -0.4 is 4.90 Å². The van der Waals surface area contributed by atoms with Crippen LogP contribution in [0.15, 0.2) is 48.7 Å². The van der Waals surface area contributed by atoms with E-state index in [0.717, 1.165) is 0 Å². The minimum absolute atomic E-state index is 0.0108. The summed E-state index contributed by atoms with van der Waals surface area (Å²) < 4.78 is 5.40. The molecule has 2 aromatic rings. The molecule has 1 aromatic heterocycles. The zero-order chi connectivity index (χ0) is 17.7. The smallest absolute Gasteiger partial charge is 0.416 e. The number of nitro groups is 1. The van der Waals surface area contributed by atoms with Gasteiger partial charge in [0, 0.05) is 17.8 Å². The molecular formula is C17H19N3O4. The first kappa shape index (κ1) is 17.4. The molecule has 0 spiro atoms. The van der Waals surface area contributed by atoms with Crippen molar-refractivity contribution < 1.29 is 14.5 Å². The van der Waals surface area contributed by atoms with E-state index in [1.807, 2.05) is 0 Å². The van der Waals surface area contributed by atoms with Gasteiger partial charge >= 0.3 is 6.09 Å². The highest BCUT2D eigenvalue weighted by Gasteiger charge is 2.26. The Morgan fingerprint density at radius 3 is 2.46 bits per heavy atom. The highest BCUT2D eigenvalue weighted by atomic mass is 16.6. The topological polar surface area (TPSA) is 85.6 Å². The van der Waals surface area contributed by atoms with Crippen LogP contribution in [0, 0.1) is 10.1 Å². The van der Waals surface area contributed by atoms with Crippen LogP contribution >= 0.6 is 0 Å². The zero-order valence-corrected chi connectivity index (χ0v) is 13.8. The van der Waals surface area contributed by atoms with Crippen LogP contribution in [-0.4, -0.2) is 21.6 Å². The molecule has 0 fully saturated rings. The number of rotatable bonds is 4. The average Bonchev–Trinajstić information content (AvgIpc) is 2.52. The summed E-state index contributed by atoms with van der Waals surface area (Å²) >= 11 is 0. The van der Waals surface area contributed by atoms with Crippen LogP contribution in [0.1, 0.15) is 26.3 Å².